The molecule has 0 saturated heterocycles. The average Bonchev–Trinajstić information content (AvgIpc) is 3.58. The van der Waals surface area contributed by atoms with E-state index in [-0.39, 0.29) is 63.7 Å². The van der Waals surface area contributed by atoms with Crippen LogP contribution in [0.3, 0.4) is 0 Å². The molecule has 58 heavy (non-hydrogen) atoms. The zero-order valence-electron chi connectivity index (χ0n) is 37.4. The van der Waals surface area contributed by atoms with E-state index in [1.807, 2.05) is 27.7 Å². The molecule has 320 valence electrons. The van der Waals surface area contributed by atoms with Gasteiger partial charge in [-0.15, -0.1) is 11.3 Å². The fourth-order valence-corrected chi connectivity index (χ4v) is 15.1. The molecule has 5 fully saturated rings. The van der Waals surface area contributed by atoms with Gasteiger partial charge in [0.1, 0.15) is 16.5 Å². The summed E-state index contributed by atoms with van der Waals surface area (Å²) in [7, 11) is 0. The van der Waals surface area contributed by atoms with Crippen molar-refractivity contribution in [1.82, 2.24) is 10.3 Å². The average molecular weight is 820 g/mol. The molecule has 0 unspecified atom stereocenters. The summed E-state index contributed by atoms with van der Waals surface area (Å²) in [5, 5.41) is 17.6. The highest BCUT2D eigenvalue weighted by Gasteiger charge is 2.71. The number of nitrogens with one attached hydrogen (secondary N) is 2. The van der Waals surface area contributed by atoms with Crippen LogP contribution in [-0.4, -0.2) is 51.3 Å². The van der Waals surface area contributed by atoms with Crippen LogP contribution in [0.25, 0.3) is 0 Å². The number of allylic oxidation sites excluding steroid dienone is 1. The number of aromatic nitrogens is 1. The number of rotatable bonds is 8. The fraction of sp³-hybridized carbons (Fsp3) is 0.787. The molecule has 2 amide bonds. The molecule has 0 bridgehead atoms. The van der Waals surface area contributed by atoms with Gasteiger partial charge in [0, 0.05) is 11.8 Å². The third-order valence-electron chi connectivity index (χ3n) is 18.1. The monoisotopic (exact) mass is 819 g/mol. The van der Waals surface area contributed by atoms with Crippen molar-refractivity contribution in [3.8, 4) is 0 Å². The van der Waals surface area contributed by atoms with Crippen molar-refractivity contribution in [2.45, 2.75) is 166 Å². The minimum atomic E-state index is -1.39. The summed E-state index contributed by atoms with van der Waals surface area (Å²) in [6.07, 6.45) is 7.62. The highest BCUT2D eigenvalue weighted by Crippen LogP contribution is 2.76. The lowest BCUT2D eigenvalue weighted by Gasteiger charge is -2.72. The predicted molar refractivity (Wildman–Crippen MR) is 225 cm³/mol. The largest absolute Gasteiger partial charge is 0.481 e. The number of ether oxygens (including phenoxy) is 1. The maximum absolute atomic E-state index is 14.4. The zero-order chi connectivity index (χ0) is 42.9. The van der Waals surface area contributed by atoms with Gasteiger partial charge >= 0.3 is 11.9 Å². The van der Waals surface area contributed by atoms with Crippen LogP contribution in [-0.2, 0) is 28.7 Å². The van der Waals surface area contributed by atoms with Crippen molar-refractivity contribution in [2.24, 2.45) is 68.0 Å². The van der Waals surface area contributed by atoms with Crippen LogP contribution < -0.4 is 10.6 Å². The van der Waals surface area contributed by atoms with E-state index >= 15 is 0 Å². The molecule has 1 aromatic rings. The molecule has 1 aromatic heterocycles. The second-order valence-corrected chi connectivity index (χ2v) is 23.4. The molecule has 0 aliphatic heterocycles. The van der Waals surface area contributed by atoms with Gasteiger partial charge in [-0.3, -0.25) is 24.0 Å². The molecule has 10 nitrogen and oxygen atoms in total. The first kappa shape index (κ1) is 43.0. The van der Waals surface area contributed by atoms with E-state index in [1.54, 1.807) is 13.8 Å². The Labute approximate surface area is 349 Å². The third-order valence-corrected chi connectivity index (χ3v) is 19.1. The Morgan fingerprint density at radius 2 is 1.52 bits per heavy atom. The smallest absolute Gasteiger partial charge is 0.309 e. The third kappa shape index (κ3) is 6.02. The zero-order valence-corrected chi connectivity index (χ0v) is 38.2. The Hall–Kier alpha value is -3.08. The maximum atomic E-state index is 14.4. The Kier molecular flexibility index (Phi) is 10.2. The molecule has 0 radical (unpaired) electrons. The second kappa shape index (κ2) is 13.7. The number of aryl methyl sites for hydroxylation is 2. The van der Waals surface area contributed by atoms with Gasteiger partial charge in [0.15, 0.2) is 5.78 Å². The normalized spacial score (nSPS) is 38.8. The van der Waals surface area contributed by atoms with Gasteiger partial charge in [0.05, 0.1) is 28.1 Å². The highest BCUT2D eigenvalue weighted by molar-refractivity contribution is 7.16. The first-order chi connectivity index (χ1) is 26.7. The number of ketones is 1. The second-order valence-electron chi connectivity index (χ2n) is 22.2. The number of amides is 2. The van der Waals surface area contributed by atoms with E-state index in [4.69, 9.17) is 4.74 Å². The molecule has 7 rings (SSSR count). The SMILES string of the molecule is Cc1nc(C)c(NC(=O)C(C)(C)C(=O)N[C@@]23CC[C@]4(C)[C@H](CC[C@@H]5[C@@]6(C)CC[C@H](OC(=O)[C@H]7C[C@@H](C(=O)O)C7(C)C)C(C)(C)[C@@H]6CC[C@]54C)C2=C(C(C)C)C(=O)C3)s1. The van der Waals surface area contributed by atoms with Crippen LogP contribution >= 0.6 is 11.3 Å². The molecule has 3 N–H and O–H groups in total. The van der Waals surface area contributed by atoms with Gasteiger partial charge in [0.2, 0.25) is 11.8 Å². The number of aliphatic carboxylic acids is 1. The summed E-state index contributed by atoms with van der Waals surface area (Å²) < 4.78 is 6.41. The molecule has 6 aliphatic rings. The molecule has 11 heteroatoms. The van der Waals surface area contributed by atoms with E-state index in [0.29, 0.717) is 29.7 Å². The number of nitrogens with zero attached hydrogens (tertiary/aromatic N) is 1. The lowest BCUT2D eigenvalue weighted by molar-refractivity contribution is -0.235. The number of esters is 1. The number of anilines is 1. The highest BCUT2D eigenvalue weighted by atomic mass is 32.1. The van der Waals surface area contributed by atoms with Gasteiger partial charge in [0.25, 0.3) is 0 Å². The fourth-order valence-electron chi connectivity index (χ4n) is 14.3. The lowest BCUT2D eigenvalue weighted by Crippen LogP contribution is -2.68. The van der Waals surface area contributed by atoms with Gasteiger partial charge in [-0.05, 0) is 142 Å². The number of Topliss-reactive ketones (excluding diaryl/α,β-unsaturated/α-hetero) is 1. The molecule has 6 aliphatic carbocycles. The summed E-state index contributed by atoms with van der Waals surface area (Å²) in [6, 6.07) is 0. The number of fused-ring (bicyclic) bond motifs is 7. The standard InChI is InChI=1S/C47H69N3O7S/c1-24(2)34-30(51)23-47(50-40(56)43(9,10)39(55)49-36-25(3)48-26(4)58-36)21-20-45(12)27(35(34)47)14-15-32-44(11)18-17-33(42(7,8)31(44)16-19-46(32,45)13)57-38(54)29-22-28(37(52)53)41(29,5)6/h24,27-29,31-33H,14-23H2,1-13H3,(H,49,55)(H,50,56)(H,52,53)/t27-,28+,29-,31+,32-,33+,44+,45-,46-,47-/m1/s1. The topological polar surface area (TPSA) is 152 Å². The first-order valence-electron chi connectivity index (χ1n) is 22.0. The van der Waals surface area contributed by atoms with Crippen LogP contribution in [0.15, 0.2) is 11.1 Å². The molecule has 10 atom stereocenters. The van der Waals surface area contributed by atoms with Crippen LogP contribution in [0.5, 0.6) is 0 Å². The van der Waals surface area contributed by atoms with Crippen LogP contribution in [0.1, 0.15) is 151 Å². The molecule has 0 aromatic carbocycles. The summed E-state index contributed by atoms with van der Waals surface area (Å²) >= 11 is 1.39. The van der Waals surface area contributed by atoms with Gasteiger partial charge < -0.3 is 20.5 Å². The maximum Gasteiger partial charge on any atom is 0.309 e. The summed E-state index contributed by atoms with van der Waals surface area (Å²) in [4.78, 5) is 72.2. The Balaban J connectivity index is 1.14. The number of carbonyl (C=O) groups is 5. The number of carboxylic acid groups (broad SMARTS) is 1. The van der Waals surface area contributed by atoms with Gasteiger partial charge in [-0.1, -0.05) is 62.3 Å². The quantitative estimate of drug-likeness (QED) is 0.174. The van der Waals surface area contributed by atoms with E-state index in [1.165, 1.54) is 11.3 Å². The van der Waals surface area contributed by atoms with Crippen molar-refractivity contribution in [3.63, 3.8) is 0 Å². The molecule has 0 spiro atoms. The lowest BCUT2D eigenvalue weighted by atomic mass is 9.33. The van der Waals surface area contributed by atoms with Crippen LogP contribution in [0, 0.1) is 81.8 Å². The van der Waals surface area contributed by atoms with Crippen LogP contribution in [0.4, 0.5) is 5.00 Å². The molecular formula is C47H69N3O7S. The Morgan fingerprint density at radius 1 is 0.845 bits per heavy atom. The first-order valence-corrected chi connectivity index (χ1v) is 22.8. The predicted octanol–water partition coefficient (Wildman–Crippen LogP) is 9.23. The minimum Gasteiger partial charge on any atom is -0.481 e. The number of hydrogen-bond donors (Lipinski definition) is 3. The number of hydrogen-bond acceptors (Lipinski definition) is 8. The molecular weight excluding hydrogens is 751 g/mol. The molecule has 1 heterocycles. The van der Waals surface area contributed by atoms with Crippen LogP contribution in [0.2, 0.25) is 0 Å². The van der Waals surface area contributed by atoms with E-state index < -0.39 is 40.1 Å². The summed E-state index contributed by atoms with van der Waals surface area (Å²) in [6.45, 7) is 27.1. The molecule has 5 saturated carbocycles. The van der Waals surface area contributed by atoms with Gasteiger partial charge in [-0.25, -0.2) is 4.98 Å². The van der Waals surface area contributed by atoms with Crippen molar-refractivity contribution >= 4 is 45.9 Å². The van der Waals surface area contributed by atoms with E-state index in [0.717, 1.165) is 66.8 Å². The number of carboxylic acids is 1. The summed E-state index contributed by atoms with van der Waals surface area (Å²) in [5.41, 5.74) is -0.473. The Morgan fingerprint density at radius 3 is 2.10 bits per heavy atom. The van der Waals surface area contributed by atoms with Crippen molar-refractivity contribution < 1.29 is 33.8 Å². The Bertz CT molecular complexity index is 1980. The van der Waals surface area contributed by atoms with Gasteiger partial charge in [-0.2, -0.15) is 0 Å². The van der Waals surface area contributed by atoms with Crippen molar-refractivity contribution in [1.29, 1.82) is 0 Å². The minimum absolute atomic E-state index is 0.00979. The summed E-state index contributed by atoms with van der Waals surface area (Å²) in [5.74, 6) is -1.75. The van der Waals surface area contributed by atoms with Crippen molar-refractivity contribution in [2.75, 3.05) is 5.32 Å². The van der Waals surface area contributed by atoms with E-state index in [2.05, 4.69) is 64.1 Å². The number of thiazole rings is 1. The van der Waals surface area contributed by atoms with E-state index in [9.17, 15) is 29.1 Å². The van der Waals surface area contributed by atoms with Crippen molar-refractivity contribution in [3.05, 3.63) is 21.8 Å². The number of carbonyl (C=O) groups excluding carboxylic acids is 4.